The topological polar surface area (TPSA) is 94.8 Å². The number of carbonyl (C=O) groups excluding carboxylic acids is 1. The first kappa shape index (κ1) is 22.4. The van der Waals surface area contributed by atoms with Gasteiger partial charge in [-0.05, 0) is 72.7 Å². The Kier molecular flexibility index (Phi) is 8.08. The summed E-state index contributed by atoms with van der Waals surface area (Å²) in [6.07, 6.45) is 5.29. The molecule has 2 aromatic carbocycles. The van der Waals surface area contributed by atoms with Crippen LogP contribution in [0.15, 0.2) is 60.9 Å². The predicted molar refractivity (Wildman–Crippen MR) is 127 cm³/mol. The molecule has 0 aliphatic rings. The maximum absolute atomic E-state index is 12.5. The van der Waals surface area contributed by atoms with E-state index in [2.05, 4.69) is 25.6 Å². The molecule has 0 saturated carbocycles. The molecule has 0 fully saturated rings. The summed E-state index contributed by atoms with van der Waals surface area (Å²) in [6.45, 7) is 0.543. The van der Waals surface area contributed by atoms with Crippen LogP contribution in [0.25, 0.3) is 0 Å². The number of aryl methyl sites for hydroxylation is 1. The smallest absolute Gasteiger partial charge is 0.291 e. The fraction of sp³-hybridized carbons (Fsp3) is 0.182. The minimum Gasteiger partial charge on any atom is -0.497 e. The number of nitrogens with one attached hydrogen (secondary N) is 4. The Bertz CT molecular complexity index is 1140. The second-order valence-electron chi connectivity index (χ2n) is 6.63. The highest BCUT2D eigenvalue weighted by atomic mass is 32.1. The van der Waals surface area contributed by atoms with Gasteiger partial charge in [-0.1, -0.05) is 30.3 Å². The van der Waals surface area contributed by atoms with Gasteiger partial charge in [0.15, 0.2) is 4.77 Å². The van der Waals surface area contributed by atoms with E-state index in [9.17, 15) is 4.79 Å². The van der Waals surface area contributed by atoms with Crippen molar-refractivity contribution in [1.29, 1.82) is 0 Å². The van der Waals surface area contributed by atoms with Gasteiger partial charge < -0.3 is 25.3 Å². The predicted octanol–water partition coefficient (Wildman–Crippen LogP) is 5.15. The largest absolute Gasteiger partial charge is 0.497 e. The SMILES string of the molecule is CNc1ccc(NC(=O)c2nc(=S)[nH]c(=S)[nH]2)cc1CCC=COCc1ccccc1. The standard InChI is InChI=1S/C22H23N5O2S2/c1-23-18-11-10-17(24-20(28)19-25-21(30)27-22(31)26-19)13-16(18)9-5-6-12-29-14-15-7-3-2-4-8-15/h2-4,6-8,10-13,23H,5,9,14H2,1H3,(H,24,28)(H2,25,26,27,30,31). The van der Waals surface area contributed by atoms with Gasteiger partial charge >= 0.3 is 0 Å². The summed E-state index contributed by atoms with van der Waals surface area (Å²) >= 11 is 9.98. The van der Waals surface area contributed by atoms with E-state index in [1.807, 2.05) is 61.7 Å². The van der Waals surface area contributed by atoms with E-state index < -0.39 is 5.91 Å². The number of benzene rings is 2. The molecule has 4 N–H and O–H groups in total. The van der Waals surface area contributed by atoms with Crippen molar-refractivity contribution >= 4 is 41.7 Å². The highest BCUT2D eigenvalue weighted by Crippen LogP contribution is 2.22. The Hall–Kier alpha value is -3.30. The quantitative estimate of drug-likeness (QED) is 0.264. The normalized spacial score (nSPS) is 10.7. The van der Waals surface area contributed by atoms with Crippen LogP contribution in [0.5, 0.6) is 0 Å². The van der Waals surface area contributed by atoms with E-state index in [0.717, 1.165) is 29.7 Å². The number of anilines is 2. The third kappa shape index (κ3) is 6.87. The third-order valence-electron chi connectivity index (χ3n) is 4.38. The number of ether oxygens (including phenoxy) is 1. The third-order valence-corrected chi connectivity index (χ3v) is 4.78. The lowest BCUT2D eigenvalue weighted by atomic mass is 10.1. The number of aromatic nitrogens is 3. The van der Waals surface area contributed by atoms with E-state index in [1.165, 1.54) is 0 Å². The minimum absolute atomic E-state index is 0.0616. The second kappa shape index (κ2) is 11.2. The van der Waals surface area contributed by atoms with Crippen molar-refractivity contribution in [2.24, 2.45) is 0 Å². The first-order valence-electron chi connectivity index (χ1n) is 9.68. The van der Waals surface area contributed by atoms with Crippen LogP contribution in [0.1, 0.15) is 28.2 Å². The van der Waals surface area contributed by atoms with Gasteiger partial charge in [-0.15, -0.1) is 0 Å². The molecule has 1 heterocycles. The number of amides is 1. The van der Waals surface area contributed by atoms with Gasteiger partial charge in [-0.3, -0.25) is 4.79 Å². The zero-order valence-electron chi connectivity index (χ0n) is 17.0. The van der Waals surface area contributed by atoms with Crippen LogP contribution < -0.4 is 10.6 Å². The Labute approximate surface area is 190 Å². The van der Waals surface area contributed by atoms with Crippen molar-refractivity contribution in [3.63, 3.8) is 0 Å². The summed E-state index contributed by atoms with van der Waals surface area (Å²) in [7, 11) is 1.87. The van der Waals surface area contributed by atoms with Gasteiger partial charge in [-0.2, -0.15) is 4.98 Å². The Balaban J connectivity index is 1.59. The summed E-state index contributed by atoms with van der Waals surface area (Å²) in [4.78, 5) is 21.8. The van der Waals surface area contributed by atoms with Gasteiger partial charge in [0.25, 0.3) is 5.91 Å². The lowest BCUT2D eigenvalue weighted by molar-refractivity contribution is 0.101. The molecule has 31 heavy (non-hydrogen) atoms. The van der Waals surface area contributed by atoms with Crippen molar-refractivity contribution in [3.8, 4) is 0 Å². The molecule has 0 bridgehead atoms. The van der Waals surface area contributed by atoms with Crippen molar-refractivity contribution in [3.05, 3.63) is 87.4 Å². The van der Waals surface area contributed by atoms with E-state index in [0.29, 0.717) is 12.3 Å². The number of rotatable bonds is 9. The average molecular weight is 454 g/mol. The first-order chi connectivity index (χ1) is 15.0. The molecule has 3 aromatic rings. The van der Waals surface area contributed by atoms with Crippen LogP contribution >= 0.6 is 24.4 Å². The van der Waals surface area contributed by atoms with Crippen LogP contribution in [0.2, 0.25) is 0 Å². The van der Waals surface area contributed by atoms with Crippen molar-refractivity contribution in [2.75, 3.05) is 17.7 Å². The van der Waals surface area contributed by atoms with Crippen LogP contribution in [-0.4, -0.2) is 27.9 Å². The fourth-order valence-corrected chi connectivity index (χ4v) is 3.36. The average Bonchev–Trinajstić information content (AvgIpc) is 2.76. The van der Waals surface area contributed by atoms with Crippen LogP contribution in [0.4, 0.5) is 11.4 Å². The number of nitrogens with zero attached hydrogens (tertiary/aromatic N) is 1. The number of allylic oxidation sites excluding steroid dienone is 1. The number of hydrogen-bond acceptors (Lipinski definition) is 6. The summed E-state index contributed by atoms with van der Waals surface area (Å²) in [5.74, 6) is -0.352. The van der Waals surface area contributed by atoms with Gasteiger partial charge in [-0.25, -0.2) is 0 Å². The van der Waals surface area contributed by atoms with Gasteiger partial charge in [0.05, 0.1) is 6.26 Å². The molecule has 3 rings (SSSR count). The number of H-pyrrole nitrogens is 2. The molecule has 7 nitrogen and oxygen atoms in total. The van der Waals surface area contributed by atoms with E-state index >= 15 is 0 Å². The van der Waals surface area contributed by atoms with E-state index in [4.69, 9.17) is 29.2 Å². The van der Waals surface area contributed by atoms with E-state index in [1.54, 1.807) is 6.26 Å². The number of carbonyl (C=O) groups is 1. The van der Waals surface area contributed by atoms with Crippen molar-refractivity contribution in [1.82, 2.24) is 15.0 Å². The molecule has 0 radical (unpaired) electrons. The second-order valence-corrected chi connectivity index (χ2v) is 7.42. The zero-order valence-corrected chi connectivity index (χ0v) is 18.6. The highest BCUT2D eigenvalue weighted by Gasteiger charge is 2.10. The molecular weight excluding hydrogens is 430 g/mol. The summed E-state index contributed by atoms with van der Waals surface area (Å²) in [6, 6.07) is 15.7. The summed E-state index contributed by atoms with van der Waals surface area (Å²) in [5, 5.41) is 6.00. The van der Waals surface area contributed by atoms with Gasteiger partial charge in [0.1, 0.15) is 6.61 Å². The van der Waals surface area contributed by atoms with Crippen LogP contribution in [0, 0.1) is 9.54 Å². The van der Waals surface area contributed by atoms with Gasteiger partial charge in [0.2, 0.25) is 10.6 Å². The highest BCUT2D eigenvalue weighted by molar-refractivity contribution is 7.71. The van der Waals surface area contributed by atoms with Crippen LogP contribution in [-0.2, 0) is 17.8 Å². The summed E-state index contributed by atoms with van der Waals surface area (Å²) in [5.41, 5.74) is 3.85. The zero-order chi connectivity index (χ0) is 22.1. The Morgan fingerprint density at radius 2 is 1.97 bits per heavy atom. The Morgan fingerprint density at radius 3 is 2.71 bits per heavy atom. The lowest BCUT2D eigenvalue weighted by Crippen LogP contribution is -2.16. The monoisotopic (exact) mass is 453 g/mol. The summed E-state index contributed by atoms with van der Waals surface area (Å²) < 4.78 is 5.98. The lowest BCUT2D eigenvalue weighted by Gasteiger charge is -2.12. The van der Waals surface area contributed by atoms with Crippen molar-refractivity contribution < 1.29 is 9.53 Å². The molecule has 0 spiro atoms. The minimum atomic E-state index is -0.413. The molecular formula is C22H23N5O2S2. The molecule has 0 unspecified atom stereocenters. The molecule has 0 atom stereocenters. The number of hydrogen-bond donors (Lipinski definition) is 4. The molecule has 1 aromatic heterocycles. The fourth-order valence-electron chi connectivity index (χ4n) is 2.91. The molecule has 160 valence electrons. The molecule has 0 aliphatic heterocycles. The van der Waals surface area contributed by atoms with Crippen LogP contribution in [0.3, 0.4) is 0 Å². The maximum Gasteiger partial charge on any atom is 0.291 e. The maximum atomic E-state index is 12.5. The first-order valence-corrected chi connectivity index (χ1v) is 10.5. The van der Waals surface area contributed by atoms with E-state index in [-0.39, 0.29) is 15.4 Å². The molecule has 1 amide bonds. The van der Waals surface area contributed by atoms with Crippen molar-refractivity contribution in [2.45, 2.75) is 19.4 Å². The number of aromatic amines is 2. The van der Waals surface area contributed by atoms with Gasteiger partial charge in [0, 0.05) is 18.4 Å². The molecule has 0 aliphatic carbocycles. The molecule has 9 heteroatoms. The molecule has 0 saturated heterocycles. The Morgan fingerprint density at radius 1 is 1.16 bits per heavy atom.